The number of amides is 1. The SMILES string of the molecule is CN(CCC(F)(F)F)C(=O)CCn1cnc2sc3c(c2c1=O)CCCC3. The summed E-state index contributed by atoms with van der Waals surface area (Å²) in [7, 11) is 1.34. The zero-order valence-electron chi connectivity index (χ0n) is 14.4. The number of carbonyl (C=O) groups is 1. The maximum Gasteiger partial charge on any atom is 0.390 e. The predicted molar refractivity (Wildman–Crippen MR) is 93.4 cm³/mol. The molecule has 0 fully saturated rings. The highest BCUT2D eigenvalue weighted by Crippen LogP contribution is 2.33. The Bertz CT molecular complexity index is 872. The molecule has 0 N–H and O–H groups in total. The van der Waals surface area contributed by atoms with Gasteiger partial charge in [0.25, 0.3) is 5.56 Å². The predicted octanol–water partition coefficient (Wildman–Crippen LogP) is 3.14. The standard InChI is InChI=1S/C17H20F3N3O2S/c1-22(9-7-17(18,19)20)13(24)6-8-23-10-21-15-14(16(23)25)11-4-2-3-5-12(11)26-15/h10H,2-9H2,1H3. The quantitative estimate of drug-likeness (QED) is 0.792. The Morgan fingerprint density at radius 3 is 2.81 bits per heavy atom. The van der Waals surface area contributed by atoms with Gasteiger partial charge in [-0.15, -0.1) is 11.3 Å². The monoisotopic (exact) mass is 387 g/mol. The van der Waals surface area contributed by atoms with Crippen molar-refractivity contribution in [1.29, 1.82) is 0 Å². The lowest BCUT2D eigenvalue weighted by Gasteiger charge is -2.18. The maximum atomic E-state index is 12.8. The fourth-order valence-electron chi connectivity index (χ4n) is 3.17. The van der Waals surface area contributed by atoms with E-state index in [1.165, 1.54) is 22.8 Å². The van der Waals surface area contributed by atoms with E-state index < -0.39 is 18.5 Å². The topological polar surface area (TPSA) is 55.2 Å². The van der Waals surface area contributed by atoms with E-state index in [9.17, 15) is 22.8 Å². The van der Waals surface area contributed by atoms with Crippen molar-refractivity contribution in [3.05, 3.63) is 27.1 Å². The molecule has 26 heavy (non-hydrogen) atoms. The highest BCUT2D eigenvalue weighted by atomic mass is 32.1. The summed E-state index contributed by atoms with van der Waals surface area (Å²) in [5, 5.41) is 0.644. The third-order valence-electron chi connectivity index (χ3n) is 4.66. The van der Waals surface area contributed by atoms with Crippen LogP contribution in [0.4, 0.5) is 13.2 Å². The van der Waals surface area contributed by atoms with Crippen LogP contribution in [-0.2, 0) is 24.2 Å². The van der Waals surface area contributed by atoms with Crippen LogP contribution in [0.1, 0.15) is 36.1 Å². The van der Waals surface area contributed by atoms with E-state index in [0.717, 1.165) is 41.0 Å². The molecule has 0 aromatic carbocycles. The van der Waals surface area contributed by atoms with Crippen molar-refractivity contribution in [3.63, 3.8) is 0 Å². The summed E-state index contributed by atoms with van der Waals surface area (Å²) in [6.07, 6.45) is 0.0711. The van der Waals surface area contributed by atoms with Crippen LogP contribution >= 0.6 is 11.3 Å². The normalized spacial score (nSPS) is 14.5. The zero-order valence-corrected chi connectivity index (χ0v) is 15.3. The molecule has 142 valence electrons. The highest BCUT2D eigenvalue weighted by Gasteiger charge is 2.28. The van der Waals surface area contributed by atoms with Crippen molar-refractivity contribution in [3.8, 4) is 0 Å². The van der Waals surface area contributed by atoms with E-state index >= 15 is 0 Å². The zero-order chi connectivity index (χ0) is 18.9. The van der Waals surface area contributed by atoms with E-state index in [4.69, 9.17) is 0 Å². The molecule has 2 aromatic rings. The molecule has 3 rings (SSSR count). The summed E-state index contributed by atoms with van der Waals surface area (Å²) in [4.78, 5) is 32.1. The number of nitrogens with zero attached hydrogens (tertiary/aromatic N) is 3. The van der Waals surface area contributed by atoms with E-state index in [1.807, 2.05) is 0 Å². The van der Waals surface area contributed by atoms with E-state index in [1.54, 1.807) is 11.3 Å². The molecule has 0 bridgehead atoms. The van der Waals surface area contributed by atoms with Gasteiger partial charge in [0.05, 0.1) is 18.1 Å². The first-order valence-corrected chi connectivity index (χ1v) is 9.38. The molecule has 9 heteroatoms. The minimum Gasteiger partial charge on any atom is -0.345 e. The van der Waals surface area contributed by atoms with Gasteiger partial charge < -0.3 is 4.90 Å². The molecule has 0 aliphatic heterocycles. The molecule has 2 aromatic heterocycles. The minimum atomic E-state index is -4.29. The molecular formula is C17H20F3N3O2S. The average Bonchev–Trinajstić information content (AvgIpc) is 2.97. The summed E-state index contributed by atoms with van der Waals surface area (Å²) < 4.78 is 38.1. The lowest BCUT2D eigenvalue weighted by Crippen LogP contribution is -2.32. The second-order valence-electron chi connectivity index (χ2n) is 6.56. The largest absolute Gasteiger partial charge is 0.390 e. The first kappa shape index (κ1) is 18.9. The molecule has 0 unspecified atom stereocenters. The number of carbonyl (C=O) groups excluding carboxylic acids is 1. The molecule has 0 saturated carbocycles. The van der Waals surface area contributed by atoms with E-state index in [-0.39, 0.29) is 25.1 Å². The summed E-state index contributed by atoms with van der Waals surface area (Å²) in [6.45, 7) is -0.270. The fraction of sp³-hybridized carbons (Fsp3) is 0.588. The number of alkyl halides is 3. The van der Waals surface area contributed by atoms with Crippen LogP contribution in [0.3, 0.4) is 0 Å². The number of halogens is 3. The summed E-state index contributed by atoms with van der Waals surface area (Å²) in [5.74, 6) is -0.423. The molecular weight excluding hydrogens is 367 g/mol. The third-order valence-corrected chi connectivity index (χ3v) is 5.86. The third kappa shape index (κ3) is 4.08. The lowest BCUT2D eigenvalue weighted by molar-refractivity contribution is -0.144. The fourth-order valence-corrected chi connectivity index (χ4v) is 4.39. The van der Waals surface area contributed by atoms with E-state index in [0.29, 0.717) is 5.39 Å². The van der Waals surface area contributed by atoms with Gasteiger partial charge in [-0.2, -0.15) is 13.2 Å². The van der Waals surface area contributed by atoms with Crippen LogP contribution in [0.2, 0.25) is 0 Å². The first-order valence-electron chi connectivity index (χ1n) is 8.56. The molecule has 1 amide bonds. The summed E-state index contributed by atoms with van der Waals surface area (Å²) >= 11 is 1.55. The van der Waals surface area contributed by atoms with Crippen LogP contribution in [0.25, 0.3) is 10.2 Å². The van der Waals surface area contributed by atoms with Gasteiger partial charge in [0.1, 0.15) is 4.83 Å². The van der Waals surface area contributed by atoms with Crippen molar-refractivity contribution in [2.75, 3.05) is 13.6 Å². The van der Waals surface area contributed by atoms with Crippen LogP contribution in [0, 0.1) is 0 Å². The molecule has 1 aliphatic carbocycles. The number of hydrogen-bond donors (Lipinski definition) is 0. The van der Waals surface area contributed by atoms with Gasteiger partial charge in [0, 0.05) is 31.4 Å². The smallest absolute Gasteiger partial charge is 0.345 e. The molecule has 1 aliphatic rings. The Hall–Kier alpha value is -1.90. The van der Waals surface area contributed by atoms with Crippen molar-refractivity contribution < 1.29 is 18.0 Å². The summed E-state index contributed by atoms with van der Waals surface area (Å²) in [6, 6.07) is 0. The van der Waals surface area contributed by atoms with Gasteiger partial charge in [0.15, 0.2) is 0 Å². The Morgan fingerprint density at radius 1 is 1.35 bits per heavy atom. The van der Waals surface area contributed by atoms with Crippen molar-refractivity contribution in [2.24, 2.45) is 0 Å². The summed E-state index contributed by atoms with van der Waals surface area (Å²) in [5.41, 5.74) is 0.914. The minimum absolute atomic E-state index is 0.0340. The number of thiophene rings is 1. The number of aromatic nitrogens is 2. The van der Waals surface area contributed by atoms with Gasteiger partial charge in [-0.25, -0.2) is 4.98 Å². The lowest BCUT2D eigenvalue weighted by atomic mass is 9.97. The van der Waals surface area contributed by atoms with Crippen molar-refractivity contribution in [1.82, 2.24) is 14.5 Å². The molecule has 0 radical (unpaired) electrons. The maximum absolute atomic E-state index is 12.8. The van der Waals surface area contributed by atoms with E-state index in [2.05, 4.69) is 4.98 Å². The Kier molecular flexibility index (Phi) is 5.36. The van der Waals surface area contributed by atoms with Gasteiger partial charge in [-0.1, -0.05) is 0 Å². The number of fused-ring (bicyclic) bond motifs is 3. The molecule has 2 heterocycles. The van der Waals surface area contributed by atoms with Gasteiger partial charge in [-0.3, -0.25) is 14.2 Å². The van der Waals surface area contributed by atoms with Crippen LogP contribution < -0.4 is 5.56 Å². The van der Waals surface area contributed by atoms with Crippen LogP contribution in [0.5, 0.6) is 0 Å². The van der Waals surface area contributed by atoms with Gasteiger partial charge in [0.2, 0.25) is 5.91 Å². The average molecular weight is 387 g/mol. The first-order chi connectivity index (χ1) is 12.3. The molecule has 0 spiro atoms. The van der Waals surface area contributed by atoms with Crippen molar-refractivity contribution >= 4 is 27.5 Å². The second kappa shape index (κ2) is 7.38. The number of hydrogen-bond acceptors (Lipinski definition) is 4. The molecule has 0 saturated heterocycles. The van der Waals surface area contributed by atoms with Gasteiger partial charge >= 0.3 is 6.18 Å². The number of aryl methyl sites for hydroxylation is 3. The Morgan fingerprint density at radius 2 is 2.08 bits per heavy atom. The van der Waals surface area contributed by atoms with Crippen LogP contribution in [-0.4, -0.2) is 40.1 Å². The van der Waals surface area contributed by atoms with Gasteiger partial charge in [-0.05, 0) is 31.2 Å². The molecule has 0 atom stereocenters. The highest BCUT2D eigenvalue weighted by molar-refractivity contribution is 7.18. The molecule has 5 nitrogen and oxygen atoms in total. The van der Waals surface area contributed by atoms with Crippen molar-refractivity contribution in [2.45, 2.75) is 51.2 Å². The Balaban J connectivity index is 1.70. The Labute approximate surface area is 152 Å². The van der Waals surface area contributed by atoms with Crippen LogP contribution in [0.15, 0.2) is 11.1 Å². The number of rotatable bonds is 5. The second-order valence-corrected chi connectivity index (χ2v) is 7.65.